The summed E-state index contributed by atoms with van der Waals surface area (Å²) in [4.78, 5) is 28.9. The van der Waals surface area contributed by atoms with Crippen LogP contribution < -0.4 is 10.0 Å². The minimum Gasteiger partial charge on any atom is -0.455 e. The lowest BCUT2D eigenvalue weighted by Gasteiger charge is -2.09. The Balaban J connectivity index is 1.56. The smallest absolute Gasteiger partial charge is 0.340 e. The fraction of sp³-hybridized carbons (Fsp3) is 0.190. The zero-order valence-corrected chi connectivity index (χ0v) is 18.5. The third-order valence-electron chi connectivity index (χ3n) is 4.04. The summed E-state index contributed by atoms with van der Waals surface area (Å²) >= 11 is 1.29. The predicted molar refractivity (Wildman–Crippen MR) is 120 cm³/mol. The number of nitrogens with one attached hydrogen (secondary N) is 2. The molecular weight excluding hydrogens is 438 g/mol. The molecule has 1 heterocycles. The number of thiazole rings is 1. The molecule has 3 aromatic rings. The van der Waals surface area contributed by atoms with Gasteiger partial charge in [-0.25, -0.2) is 18.2 Å². The molecule has 162 valence electrons. The van der Waals surface area contributed by atoms with Gasteiger partial charge >= 0.3 is 5.97 Å². The Kier molecular flexibility index (Phi) is 7.03. The first kappa shape index (κ1) is 22.4. The fourth-order valence-corrected chi connectivity index (χ4v) is 4.00. The van der Waals surface area contributed by atoms with Crippen molar-refractivity contribution in [1.82, 2.24) is 4.98 Å². The number of benzene rings is 2. The fourth-order valence-electron chi connectivity index (χ4n) is 2.64. The van der Waals surface area contributed by atoms with Gasteiger partial charge in [-0.3, -0.25) is 9.52 Å². The van der Waals surface area contributed by atoms with Crippen LogP contribution in [-0.4, -0.2) is 31.5 Å². The zero-order chi connectivity index (χ0) is 22.4. The van der Waals surface area contributed by atoms with Crippen molar-refractivity contribution in [3.63, 3.8) is 0 Å². The molecule has 0 aliphatic carbocycles. The Morgan fingerprint density at radius 3 is 2.52 bits per heavy atom. The number of rotatable bonds is 8. The summed E-state index contributed by atoms with van der Waals surface area (Å²) in [6.45, 7) is 1.87. The first-order chi connectivity index (χ1) is 14.7. The van der Waals surface area contributed by atoms with Crippen molar-refractivity contribution in [2.45, 2.75) is 20.0 Å². The highest BCUT2D eigenvalue weighted by atomic mass is 32.2. The standard InChI is InChI=1S/C21H21N3O5S2/c1-14-7-9-15(10-8-14)22-19(25)11-20-23-16(13-30-20)12-29-21(26)17-5-3-4-6-18(17)24-31(2,27)28/h3-10,13,24H,11-12H2,1-2H3,(H,22,25). The van der Waals surface area contributed by atoms with E-state index in [4.69, 9.17) is 4.74 Å². The first-order valence-electron chi connectivity index (χ1n) is 9.23. The van der Waals surface area contributed by atoms with Gasteiger partial charge in [-0.2, -0.15) is 0 Å². The Hall–Kier alpha value is -3.24. The molecule has 0 aliphatic heterocycles. The molecule has 0 spiro atoms. The molecule has 0 bridgehead atoms. The van der Waals surface area contributed by atoms with E-state index < -0.39 is 16.0 Å². The number of esters is 1. The van der Waals surface area contributed by atoms with Crippen LogP contribution >= 0.6 is 11.3 Å². The van der Waals surface area contributed by atoms with Crippen LogP contribution in [0.4, 0.5) is 11.4 Å². The quantitative estimate of drug-likeness (QED) is 0.499. The van der Waals surface area contributed by atoms with E-state index in [0.717, 1.165) is 11.8 Å². The Labute approximate surface area is 184 Å². The summed E-state index contributed by atoms with van der Waals surface area (Å²) in [5.41, 5.74) is 2.56. The number of carbonyl (C=O) groups is 2. The average Bonchev–Trinajstić information content (AvgIpc) is 3.14. The van der Waals surface area contributed by atoms with E-state index in [0.29, 0.717) is 16.4 Å². The van der Waals surface area contributed by atoms with Crippen LogP contribution in [-0.2, 0) is 32.6 Å². The number of ether oxygens (including phenoxy) is 1. The molecule has 0 unspecified atom stereocenters. The number of nitrogens with zero attached hydrogens (tertiary/aromatic N) is 1. The summed E-state index contributed by atoms with van der Waals surface area (Å²) in [6, 6.07) is 13.6. The van der Waals surface area contributed by atoms with Crippen molar-refractivity contribution >= 4 is 44.6 Å². The summed E-state index contributed by atoms with van der Waals surface area (Å²) in [7, 11) is -3.54. The molecule has 2 aromatic carbocycles. The SMILES string of the molecule is Cc1ccc(NC(=O)Cc2nc(COC(=O)c3ccccc3NS(C)(=O)=O)cs2)cc1. The van der Waals surface area contributed by atoms with E-state index in [-0.39, 0.29) is 30.2 Å². The summed E-state index contributed by atoms with van der Waals surface area (Å²) in [6.07, 6.45) is 1.11. The molecule has 0 aliphatic rings. The van der Waals surface area contributed by atoms with Gasteiger partial charge in [0.1, 0.15) is 11.6 Å². The largest absolute Gasteiger partial charge is 0.455 e. The molecule has 1 amide bonds. The van der Waals surface area contributed by atoms with Crippen LogP contribution in [0.1, 0.15) is 26.6 Å². The van der Waals surface area contributed by atoms with Crippen molar-refractivity contribution in [2.75, 3.05) is 16.3 Å². The Morgan fingerprint density at radius 2 is 1.81 bits per heavy atom. The van der Waals surface area contributed by atoms with E-state index in [1.807, 2.05) is 31.2 Å². The number of sulfonamides is 1. The van der Waals surface area contributed by atoms with Crippen molar-refractivity contribution < 1.29 is 22.7 Å². The van der Waals surface area contributed by atoms with Crippen LogP contribution in [0, 0.1) is 6.92 Å². The number of amides is 1. The molecule has 1 aromatic heterocycles. The lowest BCUT2D eigenvalue weighted by atomic mass is 10.2. The average molecular weight is 460 g/mol. The van der Waals surface area contributed by atoms with E-state index in [9.17, 15) is 18.0 Å². The molecule has 0 saturated heterocycles. The minimum absolute atomic E-state index is 0.0951. The number of anilines is 2. The maximum absolute atomic E-state index is 12.4. The van der Waals surface area contributed by atoms with Crippen molar-refractivity contribution in [3.05, 3.63) is 75.7 Å². The van der Waals surface area contributed by atoms with Crippen LogP contribution in [0.2, 0.25) is 0 Å². The van der Waals surface area contributed by atoms with E-state index in [1.165, 1.54) is 23.5 Å². The second-order valence-electron chi connectivity index (χ2n) is 6.82. The molecule has 0 atom stereocenters. The van der Waals surface area contributed by atoms with Gasteiger partial charge < -0.3 is 10.1 Å². The second kappa shape index (κ2) is 9.71. The summed E-state index contributed by atoms with van der Waals surface area (Å²) < 4.78 is 30.5. The first-order valence-corrected chi connectivity index (χ1v) is 12.0. The van der Waals surface area contributed by atoms with Crippen molar-refractivity contribution in [1.29, 1.82) is 0 Å². The molecular formula is C21H21N3O5S2. The highest BCUT2D eigenvalue weighted by Crippen LogP contribution is 2.19. The molecule has 31 heavy (non-hydrogen) atoms. The maximum Gasteiger partial charge on any atom is 0.340 e. The van der Waals surface area contributed by atoms with Crippen LogP contribution in [0.3, 0.4) is 0 Å². The monoisotopic (exact) mass is 459 g/mol. The summed E-state index contributed by atoms with van der Waals surface area (Å²) in [5, 5.41) is 5.11. The Bertz CT molecular complexity index is 1190. The normalized spacial score (nSPS) is 11.0. The van der Waals surface area contributed by atoms with Crippen molar-refractivity contribution in [3.8, 4) is 0 Å². The maximum atomic E-state index is 12.4. The number of aryl methyl sites for hydroxylation is 1. The highest BCUT2D eigenvalue weighted by molar-refractivity contribution is 7.92. The van der Waals surface area contributed by atoms with E-state index in [1.54, 1.807) is 17.5 Å². The Morgan fingerprint density at radius 1 is 1.10 bits per heavy atom. The van der Waals surface area contributed by atoms with Gasteiger partial charge in [0.2, 0.25) is 15.9 Å². The van der Waals surface area contributed by atoms with E-state index >= 15 is 0 Å². The van der Waals surface area contributed by atoms with Gasteiger partial charge in [-0.15, -0.1) is 11.3 Å². The number of carbonyl (C=O) groups excluding carboxylic acids is 2. The van der Waals surface area contributed by atoms with Gasteiger partial charge in [-0.1, -0.05) is 29.8 Å². The van der Waals surface area contributed by atoms with Gasteiger partial charge in [-0.05, 0) is 31.2 Å². The lowest BCUT2D eigenvalue weighted by Crippen LogP contribution is -2.15. The molecule has 0 radical (unpaired) electrons. The van der Waals surface area contributed by atoms with Gasteiger partial charge in [0.15, 0.2) is 0 Å². The van der Waals surface area contributed by atoms with Crippen LogP contribution in [0.25, 0.3) is 0 Å². The van der Waals surface area contributed by atoms with Crippen molar-refractivity contribution in [2.24, 2.45) is 0 Å². The number of hydrogen-bond donors (Lipinski definition) is 2. The topological polar surface area (TPSA) is 114 Å². The van der Waals surface area contributed by atoms with Gasteiger partial charge in [0.05, 0.1) is 29.6 Å². The zero-order valence-electron chi connectivity index (χ0n) is 16.9. The minimum atomic E-state index is -3.54. The molecule has 10 heteroatoms. The third-order valence-corrected chi connectivity index (χ3v) is 5.53. The van der Waals surface area contributed by atoms with Crippen LogP contribution in [0.15, 0.2) is 53.9 Å². The van der Waals surface area contributed by atoms with E-state index in [2.05, 4.69) is 15.0 Å². The van der Waals surface area contributed by atoms with Gasteiger partial charge in [0, 0.05) is 11.1 Å². The molecule has 3 rings (SSSR count). The molecule has 0 saturated carbocycles. The molecule has 0 fully saturated rings. The molecule has 2 N–H and O–H groups in total. The predicted octanol–water partition coefficient (Wildman–Crippen LogP) is 3.36. The third kappa shape index (κ3) is 6.90. The number of para-hydroxylation sites is 1. The number of aromatic nitrogens is 1. The summed E-state index contributed by atoms with van der Waals surface area (Å²) in [5.74, 6) is -0.874. The van der Waals surface area contributed by atoms with Crippen LogP contribution in [0.5, 0.6) is 0 Å². The molecule has 8 nitrogen and oxygen atoms in total. The van der Waals surface area contributed by atoms with Gasteiger partial charge in [0.25, 0.3) is 0 Å². The number of hydrogen-bond acceptors (Lipinski definition) is 7. The second-order valence-corrected chi connectivity index (χ2v) is 9.51. The lowest BCUT2D eigenvalue weighted by molar-refractivity contribution is -0.115. The highest BCUT2D eigenvalue weighted by Gasteiger charge is 2.16.